The number of carbonyl (C=O) groups is 2. The number of benzene rings is 2. The second-order valence-corrected chi connectivity index (χ2v) is 6.56. The smallest absolute Gasteiger partial charge is 0.255 e. The number of anilines is 1. The van der Waals surface area contributed by atoms with Crippen LogP contribution in [0.25, 0.3) is 0 Å². The van der Waals surface area contributed by atoms with E-state index >= 15 is 0 Å². The van der Waals surface area contributed by atoms with Crippen molar-refractivity contribution in [2.75, 3.05) is 12.4 Å². The number of aromatic nitrogens is 4. The number of nitrogens with one attached hydrogen (secondary N) is 2. The average Bonchev–Trinajstić information content (AvgIpc) is 3.21. The molecule has 2 N–H and O–H groups in total. The van der Waals surface area contributed by atoms with Crippen LogP contribution in [0.2, 0.25) is 0 Å². The third kappa shape index (κ3) is 4.95. The van der Waals surface area contributed by atoms with Gasteiger partial charge in [-0.15, -0.1) is 5.10 Å². The molecule has 0 saturated carbocycles. The molecule has 9 heteroatoms. The molecule has 2 aromatic carbocycles. The highest BCUT2D eigenvalue weighted by Crippen LogP contribution is 2.17. The van der Waals surface area contributed by atoms with Crippen LogP contribution in [-0.4, -0.2) is 39.1 Å². The molecule has 9 nitrogen and oxygen atoms in total. The first-order valence-corrected chi connectivity index (χ1v) is 9.11. The van der Waals surface area contributed by atoms with Gasteiger partial charge in [-0.05, 0) is 66.7 Å². The molecule has 1 heterocycles. The summed E-state index contributed by atoms with van der Waals surface area (Å²) >= 11 is 0. The van der Waals surface area contributed by atoms with Crippen LogP contribution in [0, 0.1) is 0 Å². The molecule has 1 aromatic heterocycles. The van der Waals surface area contributed by atoms with E-state index in [1.165, 1.54) is 0 Å². The SMILES string of the molecule is CNC(=O)c1ccc(NC(=O)c2cccc(OCc3nnnn3C(C)C)c2)cc1. The molecule has 0 aliphatic heterocycles. The van der Waals surface area contributed by atoms with E-state index in [2.05, 4.69) is 26.2 Å². The van der Waals surface area contributed by atoms with Crippen LogP contribution in [0.15, 0.2) is 48.5 Å². The lowest BCUT2D eigenvalue weighted by molar-refractivity contribution is 0.0962. The highest BCUT2D eigenvalue weighted by molar-refractivity contribution is 6.04. The van der Waals surface area contributed by atoms with E-state index in [4.69, 9.17) is 4.74 Å². The molecule has 3 aromatic rings. The minimum Gasteiger partial charge on any atom is -0.486 e. The van der Waals surface area contributed by atoms with Crippen molar-refractivity contribution in [1.29, 1.82) is 0 Å². The first kappa shape index (κ1) is 20.0. The van der Waals surface area contributed by atoms with Crippen LogP contribution in [-0.2, 0) is 6.61 Å². The Morgan fingerprint density at radius 1 is 1.07 bits per heavy atom. The molecule has 2 amide bonds. The van der Waals surface area contributed by atoms with Crippen LogP contribution in [0.1, 0.15) is 46.4 Å². The molecule has 0 fully saturated rings. The Hall–Kier alpha value is -3.75. The van der Waals surface area contributed by atoms with Crippen molar-refractivity contribution in [1.82, 2.24) is 25.5 Å². The molecule has 0 saturated heterocycles. The number of tetrazole rings is 1. The zero-order chi connectivity index (χ0) is 20.8. The van der Waals surface area contributed by atoms with E-state index in [-0.39, 0.29) is 24.5 Å². The van der Waals surface area contributed by atoms with Crippen molar-refractivity contribution >= 4 is 17.5 Å². The van der Waals surface area contributed by atoms with Crippen LogP contribution >= 0.6 is 0 Å². The maximum Gasteiger partial charge on any atom is 0.255 e. The molecule has 150 valence electrons. The summed E-state index contributed by atoms with van der Waals surface area (Å²) in [6, 6.07) is 13.6. The van der Waals surface area contributed by atoms with Crippen LogP contribution in [0.5, 0.6) is 5.75 Å². The number of ether oxygens (including phenoxy) is 1. The fourth-order valence-electron chi connectivity index (χ4n) is 2.64. The first-order valence-electron chi connectivity index (χ1n) is 9.11. The van der Waals surface area contributed by atoms with E-state index in [0.29, 0.717) is 28.4 Å². The van der Waals surface area contributed by atoms with Crippen molar-refractivity contribution < 1.29 is 14.3 Å². The largest absolute Gasteiger partial charge is 0.486 e. The molecule has 0 unspecified atom stereocenters. The van der Waals surface area contributed by atoms with E-state index in [1.54, 1.807) is 60.3 Å². The van der Waals surface area contributed by atoms with Gasteiger partial charge < -0.3 is 15.4 Å². The number of hydrogen-bond donors (Lipinski definition) is 2. The molecule has 0 aliphatic rings. The molecule has 29 heavy (non-hydrogen) atoms. The zero-order valence-electron chi connectivity index (χ0n) is 16.4. The summed E-state index contributed by atoms with van der Waals surface area (Å²) in [7, 11) is 1.57. The van der Waals surface area contributed by atoms with Crippen molar-refractivity contribution in [3.8, 4) is 5.75 Å². The van der Waals surface area contributed by atoms with Gasteiger partial charge in [-0.1, -0.05) is 6.07 Å². The summed E-state index contributed by atoms with van der Waals surface area (Å²) in [6.45, 7) is 4.15. The zero-order valence-corrected chi connectivity index (χ0v) is 16.4. The lowest BCUT2D eigenvalue weighted by atomic mass is 10.1. The monoisotopic (exact) mass is 394 g/mol. The third-order valence-electron chi connectivity index (χ3n) is 4.15. The molecular formula is C20H22N6O3. The van der Waals surface area contributed by atoms with E-state index in [1.807, 2.05) is 13.8 Å². The highest BCUT2D eigenvalue weighted by atomic mass is 16.5. The second kappa shape index (κ2) is 8.96. The van der Waals surface area contributed by atoms with Gasteiger partial charge in [0.2, 0.25) is 0 Å². The van der Waals surface area contributed by atoms with E-state index in [0.717, 1.165) is 0 Å². The van der Waals surface area contributed by atoms with Crippen molar-refractivity contribution in [2.45, 2.75) is 26.5 Å². The summed E-state index contributed by atoms with van der Waals surface area (Å²) in [6.07, 6.45) is 0. The Kier molecular flexibility index (Phi) is 6.18. The van der Waals surface area contributed by atoms with Gasteiger partial charge in [-0.25, -0.2) is 4.68 Å². The fourth-order valence-corrected chi connectivity index (χ4v) is 2.64. The number of hydrogen-bond acceptors (Lipinski definition) is 6. The van der Waals surface area contributed by atoms with E-state index in [9.17, 15) is 9.59 Å². The summed E-state index contributed by atoms with van der Waals surface area (Å²) in [4.78, 5) is 24.1. The van der Waals surface area contributed by atoms with Crippen molar-refractivity contribution in [2.24, 2.45) is 0 Å². The quantitative estimate of drug-likeness (QED) is 0.637. The Morgan fingerprint density at radius 3 is 2.52 bits per heavy atom. The summed E-state index contributed by atoms with van der Waals surface area (Å²) < 4.78 is 7.43. The Bertz CT molecular complexity index is 997. The fraction of sp³-hybridized carbons (Fsp3) is 0.250. The van der Waals surface area contributed by atoms with E-state index < -0.39 is 0 Å². The normalized spacial score (nSPS) is 10.6. The Balaban J connectivity index is 1.64. The lowest BCUT2D eigenvalue weighted by Gasteiger charge is -2.10. The predicted molar refractivity (Wildman–Crippen MR) is 107 cm³/mol. The van der Waals surface area contributed by atoms with Gasteiger partial charge in [-0.2, -0.15) is 0 Å². The van der Waals surface area contributed by atoms with Gasteiger partial charge in [0.15, 0.2) is 5.82 Å². The number of rotatable bonds is 7. The lowest BCUT2D eigenvalue weighted by Crippen LogP contribution is -2.18. The minimum atomic E-state index is -0.282. The van der Waals surface area contributed by atoms with Crippen LogP contribution in [0.3, 0.4) is 0 Å². The number of nitrogens with zero attached hydrogens (tertiary/aromatic N) is 4. The van der Waals surface area contributed by atoms with Crippen molar-refractivity contribution in [3.63, 3.8) is 0 Å². The molecule has 0 atom stereocenters. The topological polar surface area (TPSA) is 111 Å². The van der Waals surface area contributed by atoms with Gasteiger partial charge in [0, 0.05) is 23.9 Å². The molecular weight excluding hydrogens is 372 g/mol. The third-order valence-corrected chi connectivity index (χ3v) is 4.15. The maximum absolute atomic E-state index is 12.5. The first-order chi connectivity index (χ1) is 14.0. The Labute approximate surface area is 168 Å². The molecule has 0 radical (unpaired) electrons. The van der Waals surface area contributed by atoms with Gasteiger partial charge in [-0.3, -0.25) is 9.59 Å². The van der Waals surface area contributed by atoms with Gasteiger partial charge in [0.25, 0.3) is 11.8 Å². The molecule has 0 aliphatic carbocycles. The highest BCUT2D eigenvalue weighted by Gasteiger charge is 2.12. The minimum absolute atomic E-state index is 0.121. The summed E-state index contributed by atoms with van der Waals surface area (Å²) in [5.41, 5.74) is 1.55. The molecule has 3 rings (SSSR count). The summed E-state index contributed by atoms with van der Waals surface area (Å²) in [5.74, 6) is 0.670. The second-order valence-electron chi connectivity index (χ2n) is 6.56. The van der Waals surface area contributed by atoms with Crippen LogP contribution < -0.4 is 15.4 Å². The molecule has 0 spiro atoms. The predicted octanol–water partition coefficient (Wildman–Crippen LogP) is 2.44. The maximum atomic E-state index is 12.5. The van der Waals surface area contributed by atoms with Crippen molar-refractivity contribution in [3.05, 3.63) is 65.5 Å². The van der Waals surface area contributed by atoms with Gasteiger partial charge >= 0.3 is 0 Å². The standard InChI is InChI=1S/C20H22N6O3/c1-13(2)26-18(23-24-25-26)12-29-17-6-4-5-15(11-17)20(28)22-16-9-7-14(8-10-16)19(27)21-3/h4-11,13H,12H2,1-3H3,(H,21,27)(H,22,28). The average molecular weight is 394 g/mol. The number of carbonyl (C=O) groups excluding carboxylic acids is 2. The molecule has 0 bridgehead atoms. The van der Waals surface area contributed by atoms with Gasteiger partial charge in [0.05, 0.1) is 6.04 Å². The number of amides is 2. The van der Waals surface area contributed by atoms with Crippen LogP contribution in [0.4, 0.5) is 5.69 Å². The summed E-state index contributed by atoms with van der Waals surface area (Å²) in [5, 5.41) is 16.9. The van der Waals surface area contributed by atoms with Gasteiger partial charge in [0.1, 0.15) is 12.4 Å². The Morgan fingerprint density at radius 2 is 1.83 bits per heavy atom.